The van der Waals surface area contributed by atoms with Crippen molar-refractivity contribution in [3.63, 3.8) is 0 Å². The summed E-state index contributed by atoms with van der Waals surface area (Å²) in [7, 11) is 1.78. The van der Waals surface area contributed by atoms with E-state index in [0.717, 1.165) is 57.0 Å². The van der Waals surface area contributed by atoms with Crippen LogP contribution in [-0.2, 0) is 11.2 Å². The highest BCUT2D eigenvalue weighted by molar-refractivity contribution is 14.0. The van der Waals surface area contributed by atoms with Crippen molar-refractivity contribution in [1.29, 1.82) is 0 Å². The predicted molar refractivity (Wildman–Crippen MR) is 131 cm³/mol. The van der Waals surface area contributed by atoms with Gasteiger partial charge in [-0.25, -0.2) is 0 Å². The van der Waals surface area contributed by atoms with Gasteiger partial charge in [-0.05, 0) is 43.4 Å². The number of amides is 1. The van der Waals surface area contributed by atoms with Gasteiger partial charge in [-0.1, -0.05) is 30.9 Å². The zero-order chi connectivity index (χ0) is 20.5. The van der Waals surface area contributed by atoms with E-state index in [0.29, 0.717) is 5.91 Å². The molecule has 164 valence electrons. The zero-order valence-electron chi connectivity index (χ0n) is 17.7. The number of carbonyl (C=O) groups is 1. The van der Waals surface area contributed by atoms with Crippen LogP contribution in [0.2, 0.25) is 0 Å². The summed E-state index contributed by atoms with van der Waals surface area (Å²) in [6, 6.07) is 8.24. The lowest BCUT2D eigenvalue weighted by molar-refractivity contribution is -0.134. The van der Waals surface area contributed by atoms with Gasteiger partial charge in [0.25, 0.3) is 0 Å². The van der Waals surface area contributed by atoms with Crippen molar-refractivity contribution in [2.45, 2.75) is 44.6 Å². The second-order valence-electron chi connectivity index (χ2n) is 7.78. The van der Waals surface area contributed by atoms with Crippen LogP contribution in [-0.4, -0.2) is 56.1 Å². The van der Waals surface area contributed by atoms with Gasteiger partial charge in [-0.2, -0.15) is 0 Å². The number of nitrogens with one attached hydrogen (secondary N) is 2. The number of benzene rings is 1. The molecule has 0 aromatic heterocycles. The topological polar surface area (TPSA) is 66.0 Å². The molecule has 2 aliphatic rings. The van der Waals surface area contributed by atoms with Crippen molar-refractivity contribution in [3.05, 3.63) is 29.8 Å². The molecule has 1 unspecified atom stereocenters. The van der Waals surface area contributed by atoms with Gasteiger partial charge >= 0.3 is 0 Å². The minimum absolute atomic E-state index is 0. The number of rotatable bonds is 7. The van der Waals surface area contributed by atoms with Crippen molar-refractivity contribution >= 4 is 35.8 Å². The Labute approximate surface area is 197 Å². The Morgan fingerprint density at radius 2 is 2.00 bits per heavy atom. The maximum atomic E-state index is 12.6. The standard InChI is InChI=1S/C23H32N4O2.HI/c1-3-16-29-21-10-8-18(9-11-21)12-14-25-23(24-2)26-20-13-15-27(17-20)22(28)19-6-4-5-7-19;/h1,8-11,19-20H,4-7,12-17H2,2H3,(H2,24,25,26);1H. The smallest absolute Gasteiger partial charge is 0.225 e. The summed E-state index contributed by atoms with van der Waals surface area (Å²) in [5.74, 6) is 4.65. The molecular formula is C23H33IN4O2. The van der Waals surface area contributed by atoms with E-state index in [2.05, 4.69) is 21.5 Å². The van der Waals surface area contributed by atoms with E-state index < -0.39 is 0 Å². The maximum absolute atomic E-state index is 12.6. The molecule has 2 fully saturated rings. The van der Waals surface area contributed by atoms with E-state index in [1.54, 1.807) is 7.05 Å². The maximum Gasteiger partial charge on any atom is 0.225 e. The fourth-order valence-electron chi connectivity index (χ4n) is 4.10. The molecule has 1 aromatic carbocycles. The van der Waals surface area contributed by atoms with Crippen molar-refractivity contribution in [1.82, 2.24) is 15.5 Å². The Kier molecular flexibility index (Phi) is 10.3. The minimum Gasteiger partial charge on any atom is -0.481 e. The van der Waals surface area contributed by atoms with Gasteiger partial charge in [-0.15, -0.1) is 30.4 Å². The highest BCUT2D eigenvalue weighted by atomic mass is 127. The van der Waals surface area contributed by atoms with Crippen LogP contribution in [0.4, 0.5) is 0 Å². The van der Waals surface area contributed by atoms with Crippen molar-refractivity contribution in [2.75, 3.05) is 33.3 Å². The number of nitrogens with zero attached hydrogens (tertiary/aromatic N) is 2. The van der Waals surface area contributed by atoms with Crippen LogP contribution in [0, 0.1) is 18.3 Å². The summed E-state index contributed by atoms with van der Waals surface area (Å²) >= 11 is 0. The molecule has 6 nitrogen and oxygen atoms in total. The lowest BCUT2D eigenvalue weighted by atomic mass is 10.1. The quantitative estimate of drug-likeness (QED) is 0.249. The zero-order valence-corrected chi connectivity index (χ0v) is 20.1. The Bertz CT molecular complexity index is 739. The number of aliphatic imine (C=N–C) groups is 1. The Hall–Kier alpha value is -1.95. The molecule has 0 radical (unpaired) electrons. The van der Waals surface area contributed by atoms with E-state index in [1.807, 2.05) is 29.2 Å². The van der Waals surface area contributed by atoms with E-state index in [-0.39, 0.29) is 42.5 Å². The highest BCUT2D eigenvalue weighted by Crippen LogP contribution is 2.27. The first-order chi connectivity index (χ1) is 14.2. The molecular weight excluding hydrogens is 491 g/mol. The SMILES string of the molecule is C#CCOc1ccc(CCNC(=NC)NC2CCN(C(=O)C3CCCC3)C2)cc1.I. The van der Waals surface area contributed by atoms with Crippen LogP contribution >= 0.6 is 24.0 Å². The van der Waals surface area contributed by atoms with Gasteiger partial charge < -0.3 is 20.3 Å². The molecule has 1 amide bonds. The fraction of sp³-hybridized carbons (Fsp3) is 0.565. The Morgan fingerprint density at radius 3 is 2.67 bits per heavy atom. The van der Waals surface area contributed by atoms with E-state index in [9.17, 15) is 4.79 Å². The molecule has 1 atom stereocenters. The molecule has 1 aromatic rings. The van der Waals surface area contributed by atoms with E-state index >= 15 is 0 Å². The van der Waals surface area contributed by atoms with Gasteiger partial charge in [0.05, 0.1) is 0 Å². The third-order valence-electron chi connectivity index (χ3n) is 5.72. The van der Waals surface area contributed by atoms with Gasteiger partial charge in [0, 0.05) is 38.6 Å². The normalized spacial score (nSPS) is 19.1. The third-order valence-corrected chi connectivity index (χ3v) is 5.72. The number of terminal acetylenes is 1. The van der Waals surface area contributed by atoms with E-state index in [4.69, 9.17) is 11.2 Å². The summed E-state index contributed by atoms with van der Waals surface area (Å²) in [6.07, 6.45) is 11.6. The molecule has 0 bridgehead atoms. The number of hydrogen-bond donors (Lipinski definition) is 2. The summed E-state index contributed by atoms with van der Waals surface area (Å²) in [4.78, 5) is 19.0. The summed E-state index contributed by atoms with van der Waals surface area (Å²) < 4.78 is 5.39. The second-order valence-corrected chi connectivity index (χ2v) is 7.78. The van der Waals surface area contributed by atoms with Crippen molar-refractivity contribution < 1.29 is 9.53 Å². The summed E-state index contributed by atoms with van der Waals surface area (Å²) in [5.41, 5.74) is 1.22. The fourth-order valence-corrected chi connectivity index (χ4v) is 4.10. The predicted octanol–water partition coefficient (Wildman–Crippen LogP) is 2.82. The molecule has 1 saturated heterocycles. The van der Waals surface area contributed by atoms with Gasteiger partial charge in [-0.3, -0.25) is 9.79 Å². The van der Waals surface area contributed by atoms with Crippen LogP contribution < -0.4 is 15.4 Å². The molecule has 0 spiro atoms. The van der Waals surface area contributed by atoms with Crippen LogP contribution in [0.5, 0.6) is 5.75 Å². The number of halogens is 1. The molecule has 1 heterocycles. The first-order valence-corrected chi connectivity index (χ1v) is 10.6. The average molecular weight is 524 g/mol. The number of likely N-dealkylation sites (tertiary alicyclic amines) is 1. The van der Waals surface area contributed by atoms with Crippen LogP contribution in [0.1, 0.15) is 37.7 Å². The van der Waals surface area contributed by atoms with Gasteiger partial charge in [0.15, 0.2) is 5.96 Å². The van der Waals surface area contributed by atoms with Crippen molar-refractivity contribution in [3.8, 4) is 18.1 Å². The van der Waals surface area contributed by atoms with Crippen LogP contribution in [0.25, 0.3) is 0 Å². The highest BCUT2D eigenvalue weighted by Gasteiger charge is 2.32. The Morgan fingerprint density at radius 1 is 1.27 bits per heavy atom. The molecule has 2 N–H and O–H groups in total. The van der Waals surface area contributed by atoms with Gasteiger partial charge in [0.2, 0.25) is 5.91 Å². The molecule has 1 aliphatic carbocycles. The number of carbonyl (C=O) groups excluding carboxylic acids is 1. The average Bonchev–Trinajstić information content (AvgIpc) is 3.44. The Balaban J connectivity index is 0.00000320. The molecule has 1 saturated carbocycles. The summed E-state index contributed by atoms with van der Waals surface area (Å²) in [5, 5.41) is 6.84. The lowest BCUT2D eigenvalue weighted by Crippen LogP contribution is -2.45. The third kappa shape index (κ3) is 7.08. The van der Waals surface area contributed by atoms with Gasteiger partial charge in [0.1, 0.15) is 12.4 Å². The number of ether oxygens (including phenoxy) is 1. The van der Waals surface area contributed by atoms with E-state index in [1.165, 1.54) is 18.4 Å². The first-order valence-electron chi connectivity index (χ1n) is 10.6. The lowest BCUT2D eigenvalue weighted by Gasteiger charge is -2.21. The largest absolute Gasteiger partial charge is 0.481 e. The van der Waals surface area contributed by atoms with Crippen LogP contribution in [0.3, 0.4) is 0 Å². The van der Waals surface area contributed by atoms with Crippen LogP contribution in [0.15, 0.2) is 29.3 Å². The second kappa shape index (κ2) is 12.7. The monoisotopic (exact) mass is 524 g/mol. The first kappa shape index (κ1) is 24.3. The molecule has 3 rings (SSSR count). The summed E-state index contributed by atoms with van der Waals surface area (Å²) in [6.45, 7) is 2.68. The molecule has 7 heteroatoms. The number of hydrogen-bond acceptors (Lipinski definition) is 3. The molecule has 30 heavy (non-hydrogen) atoms. The minimum atomic E-state index is 0. The molecule has 1 aliphatic heterocycles. The number of guanidine groups is 1. The van der Waals surface area contributed by atoms with Crippen molar-refractivity contribution in [2.24, 2.45) is 10.9 Å².